The highest BCUT2D eigenvalue weighted by atomic mass is 14.9. The van der Waals surface area contributed by atoms with Gasteiger partial charge in [-0.3, -0.25) is 0 Å². The van der Waals surface area contributed by atoms with E-state index in [2.05, 4.69) is 53.1 Å². The minimum Gasteiger partial charge on any atom is -0.314 e. The van der Waals surface area contributed by atoms with Crippen LogP contribution in [0, 0.1) is 0 Å². The van der Waals surface area contributed by atoms with Crippen LogP contribution in [0.25, 0.3) is 0 Å². The minimum atomic E-state index is 0.788. The molecule has 1 heteroatoms. The molecule has 0 aromatic rings. The molecule has 1 nitrogen and oxygen atoms in total. The van der Waals surface area contributed by atoms with Crippen molar-refractivity contribution in [3.63, 3.8) is 0 Å². The van der Waals surface area contributed by atoms with Gasteiger partial charge in [-0.15, -0.1) is 13.2 Å². The van der Waals surface area contributed by atoms with Crippen molar-refractivity contribution >= 4 is 0 Å². The molecule has 0 rings (SSSR count). The highest BCUT2D eigenvalue weighted by Gasteiger charge is 2.05. The van der Waals surface area contributed by atoms with Crippen LogP contribution < -0.4 is 5.32 Å². The van der Waals surface area contributed by atoms with Gasteiger partial charge in [0.2, 0.25) is 0 Å². The molecular weight excluding hydrogens is 290 g/mol. The third-order valence-corrected chi connectivity index (χ3v) is 4.26. The number of nitrogens with one attached hydrogen (secondary N) is 1. The van der Waals surface area contributed by atoms with Gasteiger partial charge in [0, 0.05) is 6.04 Å². The third kappa shape index (κ3) is 29.7. The second-order valence-corrected chi connectivity index (χ2v) is 6.66. The minimum absolute atomic E-state index is 0.788. The summed E-state index contributed by atoms with van der Waals surface area (Å²) in [7, 11) is 0. The molecule has 24 heavy (non-hydrogen) atoms. The van der Waals surface area contributed by atoms with Gasteiger partial charge in [-0.25, -0.2) is 0 Å². The monoisotopic (exact) mass is 341 g/mol. The summed E-state index contributed by atoms with van der Waals surface area (Å²) in [5.74, 6) is 0. The molecule has 0 bridgehead atoms. The Kier molecular flexibility index (Phi) is 36.3. The fourth-order valence-electron chi connectivity index (χ4n) is 2.76. The maximum atomic E-state index is 3.61. The SMILES string of the molecule is C=C.CCCCCCC.CCCCCCCC(CCCC)NCC. The number of unbranched alkanes of at least 4 members (excludes halogenated alkanes) is 9. The van der Waals surface area contributed by atoms with E-state index >= 15 is 0 Å². The van der Waals surface area contributed by atoms with Crippen LogP contribution in [0.3, 0.4) is 0 Å². The maximum Gasteiger partial charge on any atom is 0.00669 e. The Morgan fingerprint density at radius 1 is 0.542 bits per heavy atom. The Morgan fingerprint density at radius 3 is 1.33 bits per heavy atom. The lowest BCUT2D eigenvalue weighted by atomic mass is 10.0. The summed E-state index contributed by atoms with van der Waals surface area (Å²) in [4.78, 5) is 0. The van der Waals surface area contributed by atoms with E-state index in [9.17, 15) is 0 Å². The molecule has 1 unspecified atom stereocenters. The average Bonchev–Trinajstić information content (AvgIpc) is 2.62. The summed E-state index contributed by atoms with van der Waals surface area (Å²) in [5.41, 5.74) is 0. The van der Waals surface area contributed by atoms with Gasteiger partial charge in [-0.1, -0.05) is 112 Å². The topological polar surface area (TPSA) is 12.0 Å². The zero-order chi connectivity index (χ0) is 18.9. The Hall–Kier alpha value is -0.300. The van der Waals surface area contributed by atoms with Crippen LogP contribution in [-0.2, 0) is 0 Å². The molecule has 0 aromatic heterocycles. The number of hydrogen-bond donors (Lipinski definition) is 1. The molecule has 0 heterocycles. The van der Waals surface area contributed by atoms with Crippen LogP contribution in [0.5, 0.6) is 0 Å². The number of hydrogen-bond acceptors (Lipinski definition) is 1. The van der Waals surface area contributed by atoms with Crippen LogP contribution in [0.15, 0.2) is 13.2 Å². The quantitative estimate of drug-likeness (QED) is 0.233. The van der Waals surface area contributed by atoms with Gasteiger partial charge >= 0.3 is 0 Å². The van der Waals surface area contributed by atoms with E-state index in [1.807, 2.05) is 0 Å². The van der Waals surface area contributed by atoms with Gasteiger partial charge in [0.15, 0.2) is 0 Å². The smallest absolute Gasteiger partial charge is 0.00669 e. The first-order valence-corrected chi connectivity index (χ1v) is 11.0. The Labute approximate surface area is 156 Å². The lowest BCUT2D eigenvalue weighted by molar-refractivity contribution is 0.428. The van der Waals surface area contributed by atoms with Crippen molar-refractivity contribution < 1.29 is 0 Å². The molecule has 0 saturated heterocycles. The summed E-state index contributed by atoms with van der Waals surface area (Å²) in [5, 5.41) is 3.61. The fraction of sp³-hybridized carbons (Fsp3) is 0.913. The van der Waals surface area contributed by atoms with Crippen LogP contribution in [-0.4, -0.2) is 12.6 Å². The molecule has 0 aromatic carbocycles. The summed E-state index contributed by atoms with van der Waals surface area (Å²) in [6.45, 7) is 18.4. The lowest BCUT2D eigenvalue weighted by Gasteiger charge is -2.17. The standard InChI is InChI=1S/C14H31N.C7H16.C2H4/c1-4-7-9-10-11-13-14(15-6-3)12-8-5-2;1-3-5-7-6-4-2;1-2/h14-15H,4-13H2,1-3H3;3-7H2,1-2H3;1-2H2. The van der Waals surface area contributed by atoms with Crippen molar-refractivity contribution in [3.8, 4) is 0 Å². The van der Waals surface area contributed by atoms with Crippen LogP contribution in [0.1, 0.15) is 125 Å². The van der Waals surface area contributed by atoms with Crippen molar-refractivity contribution in [2.75, 3.05) is 6.54 Å². The second-order valence-electron chi connectivity index (χ2n) is 6.66. The molecule has 0 amide bonds. The molecule has 0 aliphatic rings. The lowest BCUT2D eigenvalue weighted by Crippen LogP contribution is -2.28. The molecule has 0 aliphatic carbocycles. The van der Waals surface area contributed by atoms with Crippen molar-refractivity contribution in [1.82, 2.24) is 5.32 Å². The van der Waals surface area contributed by atoms with Crippen molar-refractivity contribution in [2.45, 2.75) is 131 Å². The molecule has 0 spiro atoms. The van der Waals surface area contributed by atoms with E-state index in [4.69, 9.17) is 0 Å². The zero-order valence-corrected chi connectivity index (χ0v) is 18.1. The molecule has 0 fully saturated rings. The van der Waals surface area contributed by atoms with E-state index in [1.54, 1.807) is 0 Å². The first-order valence-electron chi connectivity index (χ1n) is 11.0. The number of rotatable bonds is 15. The molecule has 148 valence electrons. The Morgan fingerprint density at radius 2 is 0.917 bits per heavy atom. The van der Waals surface area contributed by atoms with Gasteiger partial charge in [-0.2, -0.15) is 0 Å². The van der Waals surface area contributed by atoms with Crippen molar-refractivity contribution in [1.29, 1.82) is 0 Å². The van der Waals surface area contributed by atoms with Crippen molar-refractivity contribution in [3.05, 3.63) is 13.2 Å². The van der Waals surface area contributed by atoms with Gasteiger partial charge in [-0.05, 0) is 19.4 Å². The highest BCUT2D eigenvalue weighted by molar-refractivity contribution is 4.65. The third-order valence-electron chi connectivity index (χ3n) is 4.26. The fourth-order valence-corrected chi connectivity index (χ4v) is 2.76. The zero-order valence-electron chi connectivity index (χ0n) is 18.1. The first kappa shape index (κ1) is 28.5. The Bertz CT molecular complexity index is 175. The molecular formula is C23H51N. The normalized spacial score (nSPS) is 11.0. The van der Waals surface area contributed by atoms with E-state index in [-0.39, 0.29) is 0 Å². The molecule has 0 saturated carbocycles. The van der Waals surface area contributed by atoms with Crippen LogP contribution in [0.2, 0.25) is 0 Å². The van der Waals surface area contributed by atoms with Gasteiger partial charge in [0.1, 0.15) is 0 Å². The van der Waals surface area contributed by atoms with Gasteiger partial charge < -0.3 is 5.32 Å². The van der Waals surface area contributed by atoms with E-state index in [0.717, 1.165) is 12.6 Å². The average molecular weight is 342 g/mol. The molecule has 0 radical (unpaired) electrons. The van der Waals surface area contributed by atoms with Gasteiger partial charge in [0.05, 0.1) is 0 Å². The van der Waals surface area contributed by atoms with Crippen molar-refractivity contribution in [2.24, 2.45) is 0 Å². The predicted molar refractivity (Wildman–Crippen MR) is 116 cm³/mol. The van der Waals surface area contributed by atoms with Crippen LogP contribution >= 0.6 is 0 Å². The predicted octanol–water partition coefficient (Wildman–Crippen LogP) is 8.29. The second kappa shape index (κ2) is 30.6. The first-order chi connectivity index (χ1) is 11.8. The largest absolute Gasteiger partial charge is 0.314 e. The summed E-state index contributed by atoms with van der Waals surface area (Å²) in [6.07, 6.45) is 19.5. The van der Waals surface area contributed by atoms with Crippen LogP contribution in [0.4, 0.5) is 0 Å². The molecule has 1 N–H and O–H groups in total. The van der Waals surface area contributed by atoms with E-state index < -0.39 is 0 Å². The van der Waals surface area contributed by atoms with Gasteiger partial charge in [0.25, 0.3) is 0 Å². The molecule has 1 atom stereocenters. The van der Waals surface area contributed by atoms with E-state index in [0.29, 0.717) is 0 Å². The maximum absolute atomic E-state index is 3.61. The summed E-state index contributed by atoms with van der Waals surface area (Å²) in [6, 6.07) is 0.788. The molecule has 0 aliphatic heterocycles. The summed E-state index contributed by atoms with van der Waals surface area (Å²) < 4.78 is 0. The van der Waals surface area contributed by atoms with E-state index in [1.165, 1.54) is 89.9 Å². The summed E-state index contributed by atoms with van der Waals surface area (Å²) >= 11 is 0. The highest BCUT2D eigenvalue weighted by Crippen LogP contribution is 2.11. The Balaban J connectivity index is -0.000000410.